The van der Waals surface area contributed by atoms with Gasteiger partial charge in [-0.3, -0.25) is 15.0 Å². The van der Waals surface area contributed by atoms with Gasteiger partial charge in [-0.25, -0.2) is 0 Å². The van der Waals surface area contributed by atoms with Gasteiger partial charge in [0, 0.05) is 23.1 Å². The summed E-state index contributed by atoms with van der Waals surface area (Å²) in [7, 11) is 0. The zero-order chi connectivity index (χ0) is 20.2. The zero-order valence-electron chi connectivity index (χ0n) is 16.3. The van der Waals surface area contributed by atoms with E-state index in [1.807, 2.05) is 56.3 Å². The summed E-state index contributed by atoms with van der Waals surface area (Å²) in [5, 5.41) is 18.3. The van der Waals surface area contributed by atoms with Gasteiger partial charge >= 0.3 is 5.97 Å². The molecule has 0 atom stereocenters. The molecule has 2 aromatic carbocycles. The molecule has 29 heavy (non-hydrogen) atoms. The second-order valence-corrected chi connectivity index (χ2v) is 7.26. The normalized spacial score (nSPS) is 11.1. The molecule has 0 fully saturated rings. The minimum Gasteiger partial charge on any atom is -0.461 e. The van der Waals surface area contributed by atoms with Crippen LogP contribution in [-0.2, 0) is 16.1 Å². The van der Waals surface area contributed by atoms with E-state index in [9.17, 15) is 4.79 Å². The van der Waals surface area contributed by atoms with Gasteiger partial charge in [0.15, 0.2) is 5.82 Å². The van der Waals surface area contributed by atoms with Gasteiger partial charge < -0.3 is 10.1 Å². The highest BCUT2D eigenvalue weighted by atomic mass is 16.5. The predicted octanol–water partition coefficient (Wildman–Crippen LogP) is 4.18. The van der Waals surface area contributed by atoms with Crippen LogP contribution in [-0.4, -0.2) is 31.3 Å². The summed E-state index contributed by atoms with van der Waals surface area (Å²) in [4.78, 5) is 16.2. The smallest absolute Gasteiger partial charge is 0.306 e. The number of aromatic nitrogens is 5. The van der Waals surface area contributed by atoms with E-state index < -0.39 is 0 Å². The predicted molar refractivity (Wildman–Crippen MR) is 110 cm³/mol. The summed E-state index contributed by atoms with van der Waals surface area (Å²) in [5.41, 5.74) is 3.68. The standard InChI is InChI=1S/C21H22N6O2/c1-13(2)9-19(28)29-12-14-3-5-15(6-4-14)20-24-21(27-26-20)23-17-7-8-18-16(10-17)11-22-25-18/h3-8,10-11,13H,9,12H2,1-2H3,(H,22,25)(H2,23,24,26,27). The molecule has 0 saturated carbocycles. The molecule has 2 heterocycles. The van der Waals surface area contributed by atoms with Crippen LogP contribution in [0.15, 0.2) is 48.7 Å². The van der Waals surface area contributed by atoms with Crippen LogP contribution in [0.4, 0.5) is 11.6 Å². The number of H-pyrrole nitrogens is 2. The Morgan fingerprint density at radius 1 is 1.14 bits per heavy atom. The van der Waals surface area contributed by atoms with E-state index in [-0.39, 0.29) is 12.6 Å². The molecule has 0 aliphatic carbocycles. The number of aromatic amines is 2. The van der Waals surface area contributed by atoms with Crippen molar-refractivity contribution in [1.82, 2.24) is 25.4 Å². The molecule has 0 radical (unpaired) electrons. The van der Waals surface area contributed by atoms with Crippen molar-refractivity contribution in [1.29, 1.82) is 0 Å². The Hall–Kier alpha value is -3.68. The van der Waals surface area contributed by atoms with Crippen LogP contribution in [0.25, 0.3) is 22.3 Å². The fraction of sp³-hybridized carbons (Fsp3) is 0.238. The Labute approximate surface area is 167 Å². The highest BCUT2D eigenvalue weighted by molar-refractivity contribution is 5.82. The lowest BCUT2D eigenvalue weighted by Crippen LogP contribution is -2.07. The fourth-order valence-electron chi connectivity index (χ4n) is 2.91. The molecule has 0 unspecified atom stereocenters. The van der Waals surface area contributed by atoms with Gasteiger partial charge in [-0.15, -0.1) is 5.10 Å². The number of carbonyl (C=O) groups excluding carboxylic acids is 1. The molecule has 4 aromatic rings. The first-order valence-corrected chi connectivity index (χ1v) is 9.44. The van der Waals surface area contributed by atoms with E-state index in [0.717, 1.165) is 27.7 Å². The number of nitrogens with one attached hydrogen (secondary N) is 3. The minimum atomic E-state index is -0.177. The maximum atomic E-state index is 11.7. The van der Waals surface area contributed by atoms with Crippen LogP contribution in [0, 0.1) is 5.92 Å². The molecule has 3 N–H and O–H groups in total. The van der Waals surface area contributed by atoms with Crippen LogP contribution in [0.3, 0.4) is 0 Å². The highest BCUT2D eigenvalue weighted by Gasteiger charge is 2.09. The molecule has 0 amide bonds. The van der Waals surface area contributed by atoms with Crippen molar-refractivity contribution in [2.75, 3.05) is 5.32 Å². The Morgan fingerprint density at radius 3 is 2.76 bits per heavy atom. The summed E-state index contributed by atoms with van der Waals surface area (Å²) in [5.74, 6) is 1.25. The van der Waals surface area contributed by atoms with Gasteiger partial charge in [-0.1, -0.05) is 38.1 Å². The number of esters is 1. The monoisotopic (exact) mass is 390 g/mol. The quantitative estimate of drug-likeness (QED) is 0.409. The Kier molecular flexibility index (Phi) is 5.24. The lowest BCUT2D eigenvalue weighted by atomic mass is 10.1. The number of rotatable bonds is 7. The molecule has 0 aliphatic heterocycles. The maximum Gasteiger partial charge on any atom is 0.306 e. The van der Waals surface area contributed by atoms with Crippen LogP contribution in [0.2, 0.25) is 0 Å². The van der Waals surface area contributed by atoms with Crippen molar-refractivity contribution in [2.24, 2.45) is 5.92 Å². The fourth-order valence-corrected chi connectivity index (χ4v) is 2.91. The van der Waals surface area contributed by atoms with Gasteiger partial charge in [0.1, 0.15) is 6.61 Å². The van der Waals surface area contributed by atoms with Gasteiger partial charge in [-0.2, -0.15) is 10.1 Å². The van der Waals surface area contributed by atoms with Crippen LogP contribution in [0.5, 0.6) is 0 Å². The lowest BCUT2D eigenvalue weighted by molar-refractivity contribution is -0.145. The molecule has 0 saturated heterocycles. The average Bonchev–Trinajstić information content (AvgIpc) is 3.35. The number of carbonyl (C=O) groups is 1. The van der Waals surface area contributed by atoms with E-state index >= 15 is 0 Å². The van der Waals surface area contributed by atoms with Crippen LogP contribution >= 0.6 is 0 Å². The number of anilines is 2. The summed E-state index contributed by atoms with van der Waals surface area (Å²) in [6.45, 7) is 4.25. The molecule has 148 valence electrons. The lowest BCUT2D eigenvalue weighted by Gasteiger charge is -2.07. The molecule has 8 nitrogen and oxygen atoms in total. The first-order chi connectivity index (χ1) is 14.1. The summed E-state index contributed by atoms with van der Waals surface area (Å²) in [6, 6.07) is 13.5. The molecule has 2 aromatic heterocycles. The van der Waals surface area contributed by atoms with Crippen LogP contribution < -0.4 is 5.32 Å². The number of hydrogen-bond donors (Lipinski definition) is 3. The topological polar surface area (TPSA) is 109 Å². The Balaban J connectivity index is 1.39. The number of hydrogen-bond acceptors (Lipinski definition) is 6. The van der Waals surface area contributed by atoms with Crippen molar-refractivity contribution < 1.29 is 9.53 Å². The first kappa shape index (κ1) is 18.7. The van der Waals surface area contributed by atoms with Crippen molar-refractivity contribution >= 4 is 28.5 Å². The maximum absolute atomic E-state index is 11.7. The second-order valence-electron chi connectivity index (χ2n) is 7.26. The SMILES string of the molecule is CC(C)CC(=O)OCc1ccc(-c2nc(Nc3ccc4[nH]ncc4c3)n[nH]2)cc1. The Bertz CT molecular complexity index is 1110. The van der Waals surface area contributed by atoms with Crippen molar-refractivity contribution in [3.63, 3.8) is 0 Å². The summed E-state index contributed by atoms with van der Waals surface area (Å²) in [6.07, 6.45) is 2.20. The number of nitrogens with zero attached hydrogens (tertiary/aromatic N) is 3. The molecule has 8 heteroatoms. The van der Waals surface area contributed by atoms with Gasteiger partial charge in [0.2, 0.25) is 5.95 Å². The number of fused-ring (bicyclic) bond motifs is 1. The zero-order valence-corrected chi connectivity index (χ0v) is 16.3. The third kappa shape index (κ3) is 4.60. The van der Waals surface area contributed by atoms with Gasteiger partial charge in [-0.05, 0) is 29.7 Å². The molecule has 4 rings (SSSR count). The van der Waals surface area contributed by atoms with Gasteiger partial charge in [0.05, 0.1) is 11.7 Å². The molecular formula is C21H22N6O2. The molecule has 0 aliphatic rings. The van der Waals surface area contributed by atoms with E-state index in [0.29, 0.717) is 24.1 Å². The average molecular weight is 390 g/mol. The number of ether oxygens (including phenoxy) is 1. The van der Waals surface area contributed by atoms with Gasteiger partial charge in [0.25, 0.3) is 0 Å². The molecule has 0 bridgehead atoms. The largest absolute Gasteiger partial charge is 0.461 e. The second kappa shape index (κ2) is 8.14. The summed E-state index contributed by atoms with van der Waals surface area (Å²) >= 11 is 0. The van der Waals surface area contributed by atoms with Crippen molar-refractivity contribution in [2.45, 2.75) is 26.9 Å². The third-order valence-corrected chi connectivity index (χ3v) is 4.38. The molecule has 0 spiro atoms. The van der Waals surface area contributed by atoms with E-state index in [4.69, 9.17) is 4.74 Å². The Morgan fingerprint density at radius 2 is 1.97 bits per heavy atom. The molecular weight excluding hydrogens is 368 g/mol. The number of benzene rings is 2. The third-order valence-electron chi connectivity index (χ3n) is 4.38. The summed E-state index contributed by atoms with van der Waals surface area (Å²) < 4.78 is 5.29. The van der Waals surface area contributed by atoms with Crippen molar-refractivity contribution in [3.05, 3.63) is 54.2 Å². The first-order valence-electron chi connectivity index (χ1n) is 9.44. The minimum absolute atomic E-state index is 0.177. The van der Waals surface area contributed by atoms with Crippen molar-refractivity contribution in [3.8, 4) is 11.4 Å². The van der Waals surface area contributed by atoms with E-state index in [1.165, 1.54) is 0 Å². The van der Waals surface area contributed by atoms with E-state index in [2.05, 4.69) is 30.7 Å². The highest BCUT2D eigenvalue weighted by Crippen LogP contribution is 2.21. The van der Waals surface area contributed by atoms with Crippen LogP contribution in [0.1, 0.15) is 25.8 Å². The van der Waals surface area contributed by atoms with E-state index in [1.54, 1.807) is 6.20 Å².